The maximum atomic E-state index is 5.29. The largest absolute Gasteiger partial charge is 0.379 e. The standard InChI is InChI=1S/C10H13N3O/c11-4-1-2-9-6-12-13(7-9)10-3-5-14-8-10/h6-7,10H,3-5,8,11H2/t10-/m1/s1. The molecule has 0 spiro atoms. The van der Waals surface area contributed by atoms with E-state index in [0.717, 1.165) is 25.2 Å². The Kier molecular flexibility index (Phi) is 2.82. The van der Waals surface area contributed by atoms with E-state index in [-0.39, 0.29) is 0 Å². The molecule has 1 fully saturated rings. The lowest BCUT2D eigenvalue weighted by Gasteiger charge is -2.06. The first-order valence-corrected chi connectivity index (χ1v) is 4.71. The number of nitrogens with zero attached hydrogens (tertiary/aromatic N) is 2. The molecule has 1 aromatic rings. The summed E-state index contributed by atoms with van der Waals surface area (Å²) in [6.45, 7) is 1.97. The summed E-state index contributed by atoms with van der Waals surface area (Å²) in [6.07, 6.45) is 4.74. The quantitative estimate of drug-likeness (QED) is 0.643. The number of nitrogens with two attached hydrogens (primary N) is 1. The van der Waals surface area contributed by atoms with Crippen molar-refractivity contribution in [3.8, 4) is 11.8 Å². The second-order valence-corrected chi connectivity index (χ2v) is 3.23. The molecule has 4 nitrogen and oxygen atoms in total. The summed E-state index contributed by atoms with van der Waals surface area (Å²) < 4.78 is 7.21. The summed E-state index contributed by atoms with van der Waals surface area (Å²) in [6, 6.07) is 0.378. The molecule has 0 radical (unpaired) electrons. The van der Waals surface area contributed by atoms with Crippen molar-refractivity contribution in [2.24, 2.45) is 5.73 Å². The van der Waals surface area contributed by atoms with E-state index in [1.165, 1.54) is 0 Å². The fourth-order valence-corrected chi connectivity index (χ4v) is 1.49. The molecule has 74 valence electrons. The molecule has 0 unspecified atom stereocenters. The van der Waals surface area contributed by atoms with Gasteiger partial charge in [-0.2, -0.15) is 5.10 Å². The summed E-state index contributed by atoms with van der Waals surface area (Å²) in [5, 5.41) is 4.24. The Balaban J connectivity index is 2.08. The molecule has 1 aliphatic heterocycles. The molecule has 2 N–H and O–H groups in total. The molecule has 0 aromatic carbocycles. The molecule has 0 saturated carbocycles. The molecule has 0 amide bonds. The Morgan fingerprint density at radius 1 is 1.71 bits per heavy atom. The monoisotopic (exact) mass is 191 g/mol. The summed E-state index contributed by atoms with van der Waals surface area (Å²) in [7, 11) is 0. The van der Waals surface area contributed by atoms with E-state index in [2.05, 4.69) is 16.9 Å². The molecule has 0 aliphatic carbocycles. The Morgan fingerprint density at radius 3 is 3.36 bits per heavy atom. The number of rotatable bonds is 1. The van der Waals surface area contributed by atoms with Gasteiger partial charge in [-0.25, -0.2) is 0 Å². The molecular weight excluding hydrogens is 178 g/mol. The molecule has 2 rings (SSSR count). The minimum Gasteiger partial charge on any atom is -0.379 e. The van der Waals surface area contributed by atoms with Crippen LogP contribution in [0.25, 0.3) is 0 Å². The first-order chi connectivity index (χ1) is 6.90. The van der Waals surface area contributed by atoms with Gasteiger partial charge in [0.15, 0.2) is 0 Å². The Morgan fingerprint density at radius 2 is 2.64 bits per heavy atom. The van der Waals surface area contributed by atoms with Crippen LogP contribution >= 0.6 is 0 Å². The average Bonchev–Trinajstić information content (AvgIpc) is 2.85. The second kappa shape index (κ2) is 4.27. The highest BCUT2D eigenvalue weighted by molar-refractivity contribution is 5.30. The number of hydrogen-bond donors (Lipinski definition) is 1. The third kappa shape index (κ3) is 1.95. The van der Waals surface area contributed by atoms with Crippen LogP contribution in [0.2, 0.25) is 0 Å². The van der Waals surface area contributed by atoms with Crippen LogP contribution < -0.4 is 5.73 Å². The van der Waals surface area contributed by atoms with Crippen LogP contribution in [0, 0.1) is 11.8 Å². The van der Waals surface area contributed by atoms with E-state index < -0.39 is 0 Å². The van der Waals surface area contributed by atoms with Crippen molar-refractivity contribution < 1.29 is 4.74 Å². The molecule has 0 bridgehead atoms. The van der Waals surface area contributed by atoms with Gasteiger partial charge in [-0.15, -0.1) is 0 Å². The first kappa shape index (κ1) is 9.25. The minimum atomic E-state index is 0.378. The summed E-state index contributed by atoms with van der Waals surface area (Å²) in [5.74, 6) is 5.75. The van der Waals surface area contributed by atoms with Gasteiger partial charge in [0.1, 0.15) is 0 Å². The lowest BCUT2D eigenvalue weighted by Crippen LogP contribution is -2.08. The minimum absolute atomic E-state index is 0.378. The number of ether oxygens (including phenoxy) is 1. The van der Waals surface area contributed by atoms with Crippen LogP contribution in [0.3, 0.4) is 0 Å². The highest BCUT2D eigenvalue weighted by Gasteiger charge is 2.17. The van der Waals surface area contributed by atoms with Gasteiger partial charge in [-0.05, 0) is 6.42 Å². The average molecular weight is 191 g/mol. The van der Waals surface area contributed by atoms with Gasteiger partial charge in [-0.3, -0.25) is 4.68 Å². The molecular formula is C10H13N3O. The van der Waals surface area contributed by atoms with E-state index >= 15 is 0 Å². The van der Waals surface area contributed by atoms with Crippen LogP contribution in [0.15, 0.2) is 12.4 Å². The van der Waals surface area contributed by atoms with Crippen molar-refractivity contribution in [2.45, 2.75) is 12.5 Å². The van der Waals surface area contributed by atoms with Gasteiger partial charge in [0.05, 0.1) is 31.0 Å². The van der Waals surface area contributed by atoms with E-state index in [9.17, 15) is 0 Å². The lowest BCUT2D eigenvalue weighted by atomic mass is 10.3. The first-order valence-electron chi connectivity index (χ1n) is 4.71. The fraction of sp³-hybridized carbons (Fsp3) is 0.500. The van der Waals surface area contributed by atoms with Gasteiger partial charge < -0.3 is 10.5 Å². The molecule has 4 heteroatoms. The molecule has 14 heavy (non-hydrogen) atoms. The van der Waals surface area contributed by atoms with E-state index in [1.54, 1.807) is 6.20 Å². The summed E-state index contributed by atoms with van der Waals surface area (Å²) in [5.41, 5.74) is 6.20. The Labute approximate surface area is 83.0 Å². The van der Waals surface area contributed by atoms with Crippen molar-refractivity contribution in [1.29, 1.82) is 0 Å². The number of aromatic nitrogens is 2. The smallest absolute Gasteiger partial charge is 0.0775 e. The van der Waals surface area contributed by atoms with Crippen molar-refractivity contribution in [1.82, 2.24) is 9.78 Å². The zero-order chi connectivity index (χ0) is 9.80. The van der Waals surface area contributed by atoms with Gasteiger partial charge in [-0.1, -0.05) is 11.8 Å². The Hall–Kier alpha value is -1.31. The highest BCUT2D eigenvalue weighted by Crippen LogP contribution is 2.17. The molecule has 1 aromatic heterocycles. The van der Waals surface area contributed by atoms with E-state index in [0.29, 0.717) is 12.6 Å². The zero-order valence-electron chi connectivity index (χ0n) is 7.94. The van der Waals surface area contributed by atoms with Gasteiger partial charge >= 0.3 is 0 Å². The van der Waals surface area contributed by atoms with Gasteiger partial charge in [0, 0.05) is 12.8 Å². The molecule has 1 aliphatic rings. The van der Waals surface area contributed by atoms with Crippen molar-refractivity contribution >= 4 is 0 Å². The zero-order valence-corrected chi connectivity index (χ0v) is 7.94. The highest BCUT2D eigenvalue weighted by atomic mass is 16.5. The summed E-state index contributed by atoms with van der Waals surface area (Å²) in [4.78, 5) is 0. The van der Waals surface area contributed by atoms with Gasteiger partial charge in [0.25, 0.3) is 0 Å². The van der Waals surface area contributed by atoms with Crippen LogP contribution in [0.4, 0.5) is 0 Å². The maximum absolute atomic E-state index is 5.29. The van der Waals surface area contributed by atoms with Crippen LogP contribution in [0.5, 0.6) is 0 Å². The fourth-order valence-electron chi connectivity index (χ4n) is 1.49. The SMILES string of the molecule is NCC#Cc1cnn([C@@H]2CCOC2)c1. The summed E-state index contributed by atoms with van der Waals surface area (Å²) >= 11 is 0. The molecule has 1 atom stereocenters. The third-order valence-electron chi connectivity index (χ3n) is 2.22. The molecule has 2 heterocycles. The maximum Gasteiger partial charge on any atom is 0.0775 e. The Bertz CT molecular complexity index is 355. The van der Waals surface area contributed by atoms with E-state index in [1.807, 2.05) is 10.9 Å². The van der Waals surface area contributed by atoms with Crippen LogP contribution in [0.1, 0.15) is 18.0 Å². The lowest BCUT2D eigenvalue weighted by molar-refractivity contribution is 0.184. The normalized spacial score (nSPS) is 20.5. The van der Waals surface area contributed by atoms with Crippen molar-refractivity contribution in [2.75, 3.05) is 19.8 Å². The van der Waals surface area contributed by atoms with Crippen LogP contribution in [-0.4, -0.2) is 29.5 Å². The predicted octanol–water partition coefficient (Wildman–Crippen LogP) is 0.155. The number of hydrogen-bond acceptors (Lipinski definition) is 3. The van der Waals surface area contributed by atoms with E-state index in [4.69, 9.17) is 10.5 Å². The van der Waals surface area contributed by atoms with Crippen molar-refractivity contribution in [3.05, 3.63) is 18.0 Å². The predicted molar refractivity (Wildman–Crippen MR) is 52.6 cm³/mol. The van der Waals surface area contributed by atoms with Crippen molar-refractivity contribution in [3.63, 3.8) is 0 Å². The molecule has 1 saturated heterocycles. The topological polar surface area (TPSA) is 53.1 Å². The van der Waals surface area contributed by atoms with Crippen LogP contribution in [-0.2, 0) is 4.74 Å². The third-order valence-corrected chi connectivity index (χ3v) is 2.22. The van der Waals surface area contributed by atoms with Gasteiger partial charge in [0.2, 0.25) is 0 Å². The second-order valence-electron chi connectivity index (χ2n) is 3.23.